The number of nitrogens with zero attached hydrogens (tertiary/aromatic N) is 1. The Bertz CT molecular complexity index is 4040. The Balaban J connectivity index is 0.943. The van der Waals surface area contributed by atoms with E-state index in [2.05, 4.69) is 174 Å². The van der Waals surface area contributed by atoms with Gasteiger partial charge in [-0.15, -0.1) is 45.3 Å². The van der Waals surface area contributed by atoms with Gasteiger partial charge in [0.25, 0.3) is 0 Å². The second kappa shape index (κ2) is 13.6. The number of rotatable bonds is 4. The summed E-state index contributed by atoms with van der Waals surface area (Å²) in [6.45, 7) is 0. The lowest BCUT2D eigenvalue weighted by Crippen LogP contribution is -2.35. The lowest BCUT2D eigenvalue weighted by atomic mass is 9.82. The zero-order valence-electron chi connectivity index (χ0n) is 34.7. The van der Waals surface area contributed by atoms with E-state index in [9.17, 15) is 0 Å². The van der Waals surface area contributed by atoms with Gasteiger partial charge in [0, 0.05) is 63.0 Å². The van der Waals surface area contributed by atoms with Gasteiger partial charge in [0.05, 0.1) is 24.3 Å². The first-order valence-electron chi connectivity index (χ1n) is 22.3. The van der Waals surface area contributed by atoms with Crippen LogP contribution in [0, 0.1) is 0 Å². The van der Waals surface area contributed by atoms with Crippen molar-refractivity contribution in [3.05, 3.63) is 191 Å². The summed E-state index contributed by atoms with van der Waals surface area (Å²) in [6.07, 6.45) is 16.2. The smallest absolute Gasteiger partial charge is 0.0542 e. The van der Waals surface area contributed by atoms with E-state index in [0.29, 0.717) is 5.92 Å². The van der Waals surface area contributed by atoms with Gasteiger partial charge < -0.3 is 4.57 Å². The van der Waals surface area contributed by atoms with Gasteiger partial charge in [-0.05, 0) is 135 Å². The van der Waals surface area contributed by atoms with Crippen molar-refractivity contribution >= 4 is 133 Å². The van der Waals surface area contributed by atoms with Crippen molar-refractivity contribution in [1.82, 2.24) is 4.57 Å². The summed E-state index contributed by atoms with van der Waals surface area (Å²) in [7, 11) is 0. The molecule has 5 heteroatoms. The van der Waals surface area contributed by atoms with Gasteiger partial charge in [0.2, 0.25) is 0 Å². The minimum atomic E-state index is 0.316. The van der Waals surface area contributed by atoms with Crippen LogP contribution in [0.2, 0.25) is 0 Å². The van der Waals surface area contributed by atoms with Crippen molar-refractivity contribution in [3.63, 3.8) is 0 Å². The van der Waals surface area contributed by atoms with Crippen molar-refractivity contribution in [3.8, 4) is 27.9 Å². The summed E-state index contributed by atoms with van der Waals surface area (Å²) in [5, 5.41) is 9.69. The van der Waals surface area contributed by atoms with Gasteiger partial charge in [-0.1, -0.05) is 115 Å². The van der Waals surface area contributed by atoms with Crippen LogP contribution in [-0.2, 0) is 12.8 Å². The zero-order valence-corrected chi connectivity index (χ0v) is 37.9. The maximum atomic E-state index is 2.59. The molecular weight excluding hydrogens is 851 g/mol. The highest BCUT2D eigenvalue weighted by Crippen LogP contribution is 2.48. The van der Waals surface area contributed by atoms with Crippen LogP contribution in [0.3, 0.4) is 0 Å². The van der Waals surface area contributed by atoms with E-state index >= 15 is 0 Å². The molecule has 12 aromatic rings. The van der Waals surface area contributed by atoms with E-state index in [1.807, 2.05) is 45.3 Å². The van der Waals surface area contributed by atoms with E-state index in [1.54, 1.807) is 0 Å². The predicted molar refractivity (Wildman–Crippen MR) is 282 cm³/mol. The maximum Gasteiger partial charge on any atom is 0.0542 e. The van der Waals surface area contributed by atoms with E-state index in [0.717, 1.165) is 25.7 Å². The Morgan fingerprint density at radius 3 is 1.84 bits per heavy atom. The summed E-state index contributed by atoms with van der Waals surface area (Å²) >= 11 is 7.73. The van der Waals surface area contributed by atoms with Gasteiger partial charge in [0.1, 0.15) is 0 Å². The quantitative estimate of drug-likeness (QED) is 0.166. The summed E-state index contributed by atoms with van der Waals surface area (Å²) in [6, 6.07) is 53.8. The molecular formula is C59H37NS4. The first-order chi connectivity index (χ1) is 31.7. The fraction of sp³-hybridized carbons (Fsp3) is 0.0847. The Labute approximate surface area is 385 Å². The van der Waals surface area contributed by atoms with Crippen LogP contribution in [0.1, 0.15) is 41.1 Å². The Morgan fingerprint density at radius 2 is 1.14 bits per heavy atom. The number of aromatic nitrogens is 1. The van der Waals surface area contributed by atoms with Crippen LogP contribution in [-0.4, -0.2) is 4.57 Å². The van der Waals surface area contributed by atoms with Crippen LogP contribution in [0.4, 0.5) is 0 Å². The lowest BCUT2D eigenvalue weighted by molar-refractivity contribution is 0.897. The van der Waals surface area contributed by atoms with Gasteiger partial charge in [-0.3, -0.25) is 0 Å². The first-order valence-corrected chi connectivity index (χ1v) is 25.6. The molecule has 7 aromatic carbocycles. The topological polar surface area (TPSA) is 4.93 Å². The summed E-state index contributed by atoms with van der Waals surface area (Å²) in [5.74, 6) is 0.316. The Hall–Kier alpha value is -6.34. The second-order valence-corrected chi connectivity index (χ2v) is 22.0. The fourth-order valence-corrected chi connectivity index (χ4v) is 16.6. The van der Waals surface area contributed by atoms with E-state index < -0.39 is 0 Å². The van der Waals surface area contributed by atoms with Crippen molar-refractivity contribution in [2.75, 3.05) is 0 Å². The molecule has 0 spiro atoms. The van der Waals surface area contributed by atoms with Crippen LogP contribution >= 0.6 is 45.3 Å². The molecule has 1 unspecified atom stereocenters. The summed E-state index contributed by atoms with van der Waals surface area (Å²) < 4.78 is 13.7. The third-order valence-corrected chi connectivity index (χ3v) is 19.2. The molecule has 5 aromatic heterocycles. The SMILES string of the molecule is C1=Cc2c(c3ccc(C4C=c5cccc6c5=C(C=CC6)C4)cc3n2-c2cc(-c3ccc4c(c3)sc3c5ccccc5sc43)cc(-c3ccc4c(c3)sc3c5ccccc5sc43)c2)CC1. The molecule has 64 heavy (non-hydrogen) atoms. The molecule has 15 rings (SSSR count). The normalized spacial score (nSPS) is 15.7. The number of benzene rings is 7. The summed E-state index contributed by atoms with van der Waals surface area (Å²) in [4.78, 5) is 0. The lowest BCUT2D eigenvalue weighted by Gasteiger charge is -2.22. The number of thiophene rings is 4. The highest BCUT2D eigenvalue weighted by molar-refractivity contribution is 7.37. The van der Waals surface area contributed by atoms with E-state index in [-0.39, 0.29) is 0 Å². The fourth-order valence-electron chi connectivity index (χ4n) is 11.2. The van der Waals surface area contributed by atoms with Crippen molar-refractivity contribution in [2.45, 2.75) is 31.6 Å². The first kappa shape index (κ1) is 36.0. The van der Waals surface area contributed by atoms with Gasteiger partial charge >= 0.3 is 0 Å². The number of allylic oxidation sites excluding steroid dienone is 3. The van der Waals surface area contributed by atoms with Crippen LogP contribution in [0.25, 0.3) is 116 Å². The minimum Gasteiger partial charge on any atom is -0.310 e. The van der Waals surface area contributed by atoms with Gasteiger partial charge in [-0.2, -0.15) is 0 Å². The zero-order chi connectivity index (χ0) is 41.6. The third-order valence-electron chi connectivity index (χ3n) is 14.2. The monoisotopic (exact) mass is 887 g/mol. The Morgan fingerprint density at radius 1 is 0.500 bits per heavy atom. The molecule has 3 aliphatic carbocycles. The molecule has 302 valence electrons. The minimum absolute atomic E-state index is 0.316. The number of hydrogen-bond donors (Lipinski definition) is 0. The molecule has 1 atom stereocenters. The van der Waals surface area contributed by atoms with E-state index in [1.165, 1.54) is 136 Å². The molecule has 0 bridgehead atoms. The van der Waals surface area contributed by atoms with Crippen molar-refractivity contribution in [1.29, 1.82) is 0 Å². The molecule has 0 aliphatic heterocycles. The average Bonchev–Trinajstić information content (AvgIpc) is 4.15. The van der Waals surface area contributed by atoms with Crippen LogP contribution in [0.5, 0.6) is 0 Å². The molecule has 0 N–H and O–H groups in total. The highest BCUT2D eigenvalue weighted by Gasteiger charge is 2.24. The standard InChI is InChI=1S/C59H37NS4/c1-4-16-49-43(13-1)44-22-19-34(39-25-37-11-7-9-33-10-8-12-38(26-39)55(33)37)30-50(44)60(49)42-28-40(35-20-23-47-53(31-35)63-56-45-14-2-5-17-51(45)61-58(47)56)27-41(29-42)36-21-24-48-54(32-36)64-57-46-15-3-6-18-52(46)62-59(48)57/h2-9,11-12,14-25,27-32,39H,1,10,13,26H2. The molecule has 1 nitrogen and oxygen atoms in total. The number of hydrogen-bond acceptors (Lipinski definition) is 4. The van der Waals surface area contributed by atoms with Gasteiger partial charge in [0.15, 0.2) is 0 Å². The molecule has 0 amide bonds. The molecule has 0 saturated carbocycles. The van der Waals surface area contributed by atoms with E-state index in [4.69, 9.17) is 0 Å². The van der Waals surface area contributed by atoms with Crippen molar-refractivity contribution in [2.24, 2.45) is 0 Å². The maximum absolute atomic E-state index is 2.59. The van der Waals surface area contributed by atoms with Crippen LogP contribution in [0.15, 0.2) is 158 Å². The van der Waals surface area contributed by atoms with Crippen molar-refractivity contribution < 1.29 is 0 Å². The van der Waals surface area contributed by atoms with Gasteiger partial charge in [-0.25, -0.2) is 0 Å². The van der Waals surface area contributed by atoms with Crippen LogP contribution < -0.4 is 10.4 Å². The molecule has 5 heterocycles. The molecule has 0 saturated heterocycles. The molecule has 3 aliphatic rings. The highest BCUT2D eigenvalue weighted by atomic mass is 32.1. The third kappa shape index (κ3) is 5.27. The second-order valence-electron chi connectivity index (χ2n) is 17.8. The predicted octanol–water partition coefficient (Wildman–Crippen LogP) is 16.3. The largest absolute Gasteiger partial charge is 0.310 e. The number of fused-ring (bicyclic) bond motifs is 13. The molecule has 0 radical (unpaired) electrons. The summed E-state index contributed by atoms with van der Waals surface area (Å²) in [5.41, 5.74) is 14.6. The molecule has 0 fully saturated rings. The average molecular weight is 888 g/mol. The number of aryl methyl sites for hydroxylation is 1. The Kier molecular flexibility index (Phi) is 7.65.